The summed E-state index contributed by atoms with van der Waals surface area (Å²) in [4.78, 5) is 0. The van der Waals surface area contributed by atoms with Gasteiger partial charge in [-0.05, 0) is 30.0 Å². The lowest BCUT2D eigenvalue weighted by molar-refractivity contribution is -0.144. The summed E-state index contributed by atoms with van der Waals surface area (Å²) in [6, 6.07) is 28.4. The van der Waals surface area contributed by atoms with Crippen LogP contribution in [0.4, 0.5) is 0 Å². The molecule has 3 rings (SSSR count). The second kappa shape index (κ2) is 13.0. The van der Waals surface area contributed by atoms with E-state index in [0.717, 1.165) is 16.7 Å². The largest absolute Gasteiger partial charge is 0.393 e. The number of ether oxygens (including phenoxy) is 1. The molecular weight excluding hydrogens is 451 g/mol. The minimum atomic E-state index is -3.56. The summed E-state index contributed by atoms with van der Waals surface area (Å²) < 4.78 is 31.0. The third-order valence-corrected chi connectivity index (χ3v) is 7.50. The Labute approximate surface area is 201 Å². The van der Waals surface area contributed by atoms with Gasteiger partial charge in [-0.1, -0.05) is 91.0 Å². The van der Waals surface area contributed by atoms with E-state index in [1.165, 1.54) is 0 Å². The van der Waals surface area contributed by atoms with Crippen molar-refractivity contribution in [1.82, 2.24) is 0 Å². The molecule has 6 nitrogen and oxygen atoms in total. The molecule has 0 amide bonds. The van der Waals surface area contributed by atoms with E-state index in [2.05, 4.69) is 0 Å². The first kappa shape index (κ1) is 26.3. The Kier molecular flexibility index (Phi) is 10.0. The fourth-order valence-corrected chi connectivity index (χ4v) is 4.90. The van der Waals surface area contributed by atoms with Gasteiger partial charge in [-0.2, -0.15) is 0 Å². The average molecular weight is 485 g/mol. The third-order valence-electron chi connectivity index (χ3n) is 5.65. The predicted octanol–water partition coefficient (Wildman–Crippen LogP) is 5.33. The van der Waals surface area contributed by atoms with Gasteiger partial charge in [0.1, 0.15) is 5.60 Å². The van der Waals surface area contributed by atoms with Gasteiger partial charge in [0, 0.05) is 0 Å². The summed E-state index contributed by atoms with van der Waals surface area (Å²) >= 11 is 0. The minimum Gasteiger partial charge on any atom is -0.393 e. The van der Waals surface area contributed by atoms with E-state index in [1.54, 1.807) is 6.92 Å². The van der Waals surface area contributed by atoms with Crippen LogP contribution in [-0.2, 0) is 38.2 Å². The van der Waals surface area contributed by atoms with Gasteiger partial charge >= 0.3 is 7.60 Å². The molecule has 0 aliphatic heterocycles. The van der Waals surface area contributed by atoms with Gasteiger partial charge < -0.3 is 24.0 Å². The van der Waals surface area contributed by atoms with Crippen molar-refractivity contribution in [1.29, 1.82) is 0 Å². The summed E-state index contributed by atoms with van der Waals surface area (Å²) in [5.74, 6) is 0. The molecule has 3 aromatic carbocycles. The zero-order valence-corrected chi connectivity index (χ0v) is 20.3. The fraction of sp³-hybridized carbons (Fsp3) is 0.333. The van der Waals surface area contributed by atoms with E-state index < -0.39 is 19.3 Å². The molecule has 34 heavy (non-hydrogen) atoms. The molecule has 3 aromatic rings. The normalized spacial score (nSPS) is 14.4. The van der Waals surface area contributed by atoms with Crippen LogP contribution in [0.25, 0.3) is 0 Å². The number of aliphatic hydroxyl groups is 2. The van der Waals surface area contributed by atoms with Gasteiger partial charge in [0.25, 0.3) is 0 Å². The first-order valence-corrected chi connectivity index (χ1v) is 13.1. The molecule has 0 aromatic heterocycles. The van der Waals surface area contributed by atoms with Crippen LogP contribution < -0.4 is 0 Å². The van der Waals surface area contributed by atoms with Crippen molar-refractivity contribution in [3.8, 4) is 0 Å². The zero-order valence-electron chi connectivity index (χ0n) is 19.5. The molecule has 0 aliphatic carbocycles. The Balaban J connectivity index is 1.63. The molecule has 0 unspecified atom stereocenters. The maximum absolute atomic E-state index is 13.6. The van der Waals surface area contributed by atoms with Crippen LogP contribution in [0.2, 0.25) is 0 Å². The van der Waals surface area contributed by atoms with Crippen molar-refractivity contribution in [3.63, 3.8) is 0 Å². The lowest BCUT2D eigenvalue weighted by atomic mass is 9.97. The fourth-order valence-electron chi connectivity index (χ4n) is 3.32. The van der Waals surface area contributed by atoms with Crippen LogP contribution in [0.1, 0.15) is 30.0 Å². The van der Waals surface area contributed by atoms with E-state index in [4.69, 9.17) is 13.8 Å². The van der Waals surface area contributed by atoms with Gasteiger partial charge in [0.15, 0.2) is 0 Å². The molecule has 0 saturated heterocycles. The quantitative estimate of drug-likeness (QED) is 0.301. The Hall–Kier alpha value is -2.31. The van der Waals surface area contributed by atoms with Crippen LogP contribution in [0.3, 0.4) is 0 Å². The van der Waals surface area contributed by atoms with Crippen LogP contribution in [0, 0.1) is 0 Å². The molecule has 0 aliphatic rings. The topological polar surface area (TPSA) is 85.2 Å². The highest BCUT2D eigenvalue weighted by Crippen LogP contribution is 2.51. The predicted molar refractivity (Wildman–Crippen MR) is 132 cm³/mol. The van der Waals surface area contributed by atoms with Gasteiger partial charge in [0.05, 0.1) is 38.7 Å². The summed E-state index contributed by atoms with van der Waals surface area (Å²) in [7, 11) is -3.56. The maximum atomic E-state index is 13.6. The van der Waals surface area contributed by atoms with E-state index >= 15 is 0 Å². The van der Waals surface area contributed by atoms with E-state index in [-0.39, 0.29) is 39.0 Å². The van der Waals surface area contributed by atoms with Crippen molar-refractivity contribution in [2.75, 3.05) is 12.8 Å². The van der Waals surface area contributed by atoms with Crippen molar-refractivity contribution >= 4 is 7.60 Å². The van der Waals surface area contributed by atoms with Crippen LogP contribution in [0.15, 0.2) is 91.0 Å². The molecule has 0 fully saturated rings. The van der Waals surface area contributed by atoms with Crippen LogP contribution in [0.5, 0.6) is 0 Å². The van der Waals surface area contributed by atoms with Gasteiger partial charge in [0.2, 0.25) is 0 Å². The van der Waals surface area contributed by atoms with E-state index in [1.807, 2.05) is 91.0 Å². The van der Waals surface area contributed by atoms with Gasteiger partial charge in [-0.15, -0.1) is 0 Å². The molecule has 0 radical (unpaired) electrons. The highest BCUT2D eigenvalue weighted by Gasteiger charge is 2.36. The first-order chi connectivity index (χ1) is 16.4. The third kappa shape index (κ3) is 8.17. The van der Waals surface area contributed by atoms with Gasteiger partial charge in [-0.25, -0.2) is 0 Å². The lowest BCUT2D eigenvalue weighted by Crippen LogP contribution is -2.45. The second-order valence-corrected chi connectivity index (χ2v) is 10.6. The highest BCUT2D eigenvalue weighted by molar-refractivity contribution is 7.53. The second-order valence-electron chi connectivity index (χ2n) is 8.40. The monoisotopic (exact) mass is 484 g/mol. The summed E-state index contributed by atoms with van der Waals surface area (Å²) in [6.45, 7) is 1.75. The van der Waals surface area contributed by atoms with Crippen LogP contribution >= 0.6 is 7.60 Å². The SMILES string of the molecule is C[C@@](CO)(OCc1ccccc1)[C@H](O)CCP(=O)(OCc1ccccc1)OCc1ccccc1. The van der Waals surface area contributed by atoms with E-state index in [0.29, 0.717) is 0 Å². The average Bonchev–Trinajstić information content (AvgIpc) is 2.90. The number of hydrogen-bond donors (Lipinski definition) is 2. The van der Waals surface area contributed by atoms with Crippen molar-refractivity contribution in [2.45, 2.75) is 44.9 Å². The molecule has 0 saturated carbocycles. The Bertz CT molecular complexity index is 968. The van der Waals surface area contributed by atoms with Crippen molar-refractivity contribution < 1.29 is 28.6 Å². The Morgan fingerprint density at radius 1 is 0.765 bits per heavy atom. The number of hydrogen-bond acceptors (Lipinski definition) is 6. The smallest absolute Gasteiger partial charge is 0.331 e. The molecule has 2 atom stereocenters. The summed E-state index contributed by atoms with van der Waals surface area (Å²) in [5, 5.41) is 20.8. The number of aliphatic hydroxyl groups excluding tert-OH is 2. The number of benzene rings is 3. The lowest BCUT2D eigenvalue weighted by Gasteiger charge is -2.33. The number of rotatable bonds is 14. The van der Waals surface area contributed by atoms with E-state index in [9.17, 15) is 14.8 Å². The van der Waals surface area contributed by atoms with Crippen molar-refractivity contribution in [2.24, 2.45) is 0 Å². The molecule has 0 bridgehead atoms. The Morgan fingerprint density at radius 3 is 1.59 bits per heavy atom. The zero-order chi connectivity index (χ0) is 24.3. The van der Waals surface area contributed by atoms with Crippen LogP contribution in [-0.4, -0.2) is 34.7 Å². The summed E-state index contributed by atoms with van der Waals surface area (Å²) in [5.41, 5.74) is 1.45. The molecule has 0 heterocycles. The standard InChI is InChI=1S/C27H33O6P/c1-27(22-28,31-19-23-11-5-2-6-12-23)26(29)17-18-34(30,32-20-24-13-7-3-8-14-24)33-21-25-15-9-4-10-16-25/h2-16,26,28-29H,17-22H2,1H3/t26-,27+/m1/s1. The molecule has 2 N–H and O–H groups in total. The molecular formula is C27H33O6P. The molecule has 0 spiro atoms. The summed E-state index contributed by atoms with van der Waals surface area (Å²) in [6.07, 6.45) is -1.01. The highest BCUT2D eigenvalue weighted by atomic mass is 31.2. The Morgan fingerprint density at radius 2 is 1.18 bits per heavy atom. The van der Waals surface area contributed by atoms with Gasteiger partial charge in [-0.3, -0.25) is 4.57 Å². The molecule has 182 valence electrons. The first-order valence-electron chi connectivity index (χ1n) is 11.4. The minimum absolute atomic E-state index is 0.0158. The van der Waals surface area contributed by atoms with Crippen molar-refractivity contribution in [3.05, 3.63) is 108 Å². The maximum Gasteiger partial charge on any atom is 0.331 e. The molecule has 7 heteroatoms.